The first-order valence-corrected chi connectivity index (χ1v) is 10.1. The molecule has 3 aromatic heterocycles. The Morgan fingerprint density at radius 1 is 1.00 bits per heavy atom. The number of amides is 2. The molecule has 30 heavy (non-hydrogen) atoms. The molecule has 0 saturated heterocycles. The Hall–Kier alpha value is -3.72. The molecular formula is C21H20N6O2S. The topological polar surface area (TPSA) is 94.0 Å². The van der Waals surface area contributed by atoms with Crippen LogP contribution in [0.2, 0.25) is 0 Å². The Morgan fingerprint density at radius 3 is 2.40 bits per heavy atom. The van der Waals surface area contributed by atoms with E-state index in [0.717, 1.165) is 22.0 Å². The average molecular weight is 420 g/mol. The average Bonchev–Trinajstić information content (AvgIpc) is 3.34. The van der Waals surface area contributed by atoms with E-state index in [1.165, 1.54) is 11.3 Å². The van der Waals surface area contributed by atoms with Gasteiger partial charge >= 0.3 is 6.03 Å². The Kier molecular flexibility index (Phi) is 5.44. The van der Waals surface area contributed by atoms with Crippen LogP contribution in [-0.4, -0.2) is 26.0 Å². The monoisotopic (exact) mass is 420 g/mol. The van der Waals surface area contributed by atoms with Crippen molar-refractivity contribution in [3.05, 3.63) is 70.9 Å². The maximum absolute atomic E-state index is 12.0. The standard InChI is InChI=1S/C21H20N6O2S/c1-13-14(2)26-27(15(13)3)18-10-11-19(25-24-18)29-17-8-6-16(7-9-17)22-21(28)23-20-5-4-12-30-20/h4-12H,1-3H3,(H2,22,23,28). The summed E-state index contributed by atoms with van der Waals surface area (Å²) < 4.78 is 7.51. The van der Waals surface area contributed by atoms with E-state index in [9.17, 15) is 4.79 Å². The number of nitrogens with one attached hydrogen (secondary N) is 2. The lowest BCUT2D eigenvalue weighted by Gasteiger charge is -2.08. The number of nitrogens with zero attached hydrogens (tertiary/aromatic N) is 4. The van der Waals surface area contributed by atoms with Gasteiger partial charge in [-0.05, 0) is 74.2 Å². The SMILES string of the molecule is Cc1nn(-c2ccc(Oc3ccc(NC(=O)Nc4cccs4)cc3)nn2)c(C)c1C. The number of thiophene rings is 1. The summed E-state index contributed by atoms with van der Waals surface area (Å²) in [5, 5.41) is 21.0. The smallest absolute Gasteiger partial charge is 0.324 e. The van der Waals surface area contributed by atoms with Crippen molar-refractivity contribution in [1.82, 2.24) is 20.0 Å². The van der Waals surface area contributed by atoms with E-state index in [4.69, 9.17) is 4.74 Å². The normalized spacial score (nSPS) is 10.6. The first kappa shape index (κ1) is 19.6. The molecule has 9 heteroatoms. The number of hydrogen-bond acceptors (Lipinski definition) is 6. The van der Waals surface area contributed by atoms with Crippen LogP contribution in [0.1, 0.15) is 17.0 Å². The molecule has 0 bridgehead atoms. The van der Waals surface area contributed by atoms with Crippen LogP contribution in [0.15, 0.2) is 53.9 Å². The number of rotatable bonds is 5. The molecule has 8 nitrogen and oxygen atoms in total. The molecule has 0 unspecified atom stereocenters. The van der Waals surface area contributed by atoms with Gasteiger partial charge in [-0.15, -0.1) is 21.5 Å². The fourth-order valence-corrected chi connectivity index (χ4v) is 3.39. The minimum absolute atomic E-state index is 0.299. The van der Waals surface area contributed by atoms with Crippen LogP contribution in [0.4, 0.5) is 15.5 Å². The fourth-order valence-electron chi connectivity index (χ4n) is 2.78. The molecule has 1 aromatic carbocycles. The van der Waals surface area contributed by atoms with Gasteiger partial charge in [0.25, 0.3) is 0 Å². The number of hydrogen-bond donors (Lipinski definition) is 2. The highest BCUT2D eigenvalue weighted by Gasteiger charge is 2.11. The van der Waals surface area contributed by atoms with Gasteiger partial charge in [-0.2, -0.15) is 5.10 Å². The lowest BCUT2D eigenvalue weighted by Crippen LogP contribution is -2.18. The Balaban J connectivity index is 1.38. The van der Waals surface area contributed by atoms with Crippen LogP contribution in [-0.2, 0) is 0 Å². The van der Waals surface area contributed by atoms with Crippen LogP contribution < -0.4 is 15.4 Å². The summed E-state index contributed by atoms with van der Waals surface area (Å²) in [4.78, 5) is 12.0. The zero-order chi connectivity index (χ0) is 21.1. The van der Waals surface area contributed by atoms with Gasteiger partial charge in [-0.1, -0.05) is 0 Å². The number of benzene rings is 1. The molecule has 4 aromatic rings. The second-order valence-corrected chi connectivity index (χ2v) is 7.57. The van der Waals surface area contributed by atoms with E-state index >= 15 is 0 Å². The molecule has 0 aliphatic rings. The molecule has 152 valence electrons. The van der Waals surface area contributed by atoms with Crippen molar-refractivity contribution in [2.75, 3.05) is 10.6 Å². The Bertz CT molecular complexity index is 1150. The van der Waals surface area contributed by atoms with Crippen LogP contribution in [0, 0.1) is 20.8 Å². The van der Waals surface area contributed by atoms with Gasteiger partial charge in [0.1, 0.15) is 5.75 Å². The number of aromatic nitrogens is 4. The van der Waals surface area contributed by atoms with Gasteiger partial charge in [0.15, 0.2) is 5.82 Å². The highest BCUT2D eigenvalue weighted by molar-refractivity contribution is 7.14. The van der Waals surface area contributed by atoms with Crippen molar-refractivity contribution < 1.29 is 9.53 Å². The van der Waals surface area contributed by atoms with Gasteiger partial charge in [0, 0.05) is 17.4 Å². The number of carbonyl (C=O) groups excluding carboxylic acids is 1. The first-order chi connectivity index (χ1) is 14.5. The van der Waals surface area contributed by atoms with Crippen LogP contribution in [0.25, 0.3) is 5.82 Å². The van der Waals surface area contributed by atoms with Gasteiger partial charge in [-0.25, -0.2) is 9.48 Å². The zero-order valence-corrected chi connectivity index (χ0v) is 17.5. The summed E-state index contributed by atoms with van der Waals surface area (Å²) in [6, 6.07) is 14.0. The second kappa shape index (κ2) is 8.34. The quantitative estimate of drug-likeness (QED) is 0.469. The summed E-state index contributed by atoms with van der Waals surface area (Å²) in [6.07, 6.45) is 0. The summed E-state index contributed by atoms with van der Waals surface area (Å²) >= 11 is 1.46. The predicted octanol–water partition coefficient (Wildman–Crippen LogP) is 5.09. The molecule has 2 amide bonds. The first-order valence-electron chi connectivity index (χ1n) is 9.26. The summed E-state index contributed by atoms with van der Waals surface area (Å²) in [5.41, 5.74) is 3.78. The third kappa shape index (κ3) is 4.31. The van der Waals surface area contributed by atoms with Crippen LogP contribution in [0.3, 0.4) is 0 Å². The molecule has 3 heterocycles. The van der Waals surface area contributed by atoms with E-state index in [1.54, 1.807) is 35.0 Å². The third-order valence-electron chi connectivity index (χ3n) is 4.59. The van der Waals surface area contributed by atoms with E-state index < -0.39 is 0 Å². The minimum Gasteiger partial charge on any atom is -0.438 e. The number of carbonyl (C=O) groups is 1. The van der Waals surface area contributed by atoms with Crippen molar-refractivity contribution in [3.63, 3.8) is 0 Å². The minimum atomic E-state index is -0.299. The van der Waals surface area contributed by atoms with E-state index in [2.05, 4.69) is 25.9 Å². The maximum atomic E-state index is 12.0. The predicted molar refractivity (Wildman–Crippen MR) is 117 cm³/mol. The van der Waals surface area contributed by atoms with Crippen molar-refractivity contribution >= 4 is 28.1 Å². The van der Waals surface area contributed by atoms with Crippen molar-refractivity contribution in [3.8, 4) is 17.4 Å². The zero-order valence-electron chi connectivity index (χ0n) is 16.7. The molecule has 0 aliphatic heterocycles. The van der Waals surface area contributed by atoms with Gasteiger partial charge in [-0.3, -0.25) is 5.32 Å². The Labute approximate surface area is 177 Å². The summed E-state index contributed by atoms with van der Waals surface area (Å²) in [7, 11) is 0. The van der Waals surface area contributed by atoms with E-state index in [1.807, 2.05) is 44.4 Å². The second-order valence-electron chi connectivity index (χ2n) is 6.62. The number of ether oxygens (including phenoxy) is 1. The fraction of sp³-hybridized carbons (Fsp3) is 0.143. The lowest BCUT2D eigenvalue weighted by molar-refractivity contribution is 0.262. The summed E-state index contributed by atoms with van der Waals surface area (Å²) in [6.45, 7) is 6.00. The van der Waals surface area contributed by atoms with E-state index in [-0.39, 0.29) is 6.03 Å². The highest BCUT2D eigenvalue weighted by atomic mass is 32.1. The molecule has 0 atom stereocenters. The number of anilines is 2. The van der Waals surface area contributed by atoms with Crippen molar-refractivity contribution in [2.45, 2.75) is 20.8 Å². The number of aryl methyl sites for hydroxylation is 1. The third-order valence-corrected chi connectivity index (χ3v) is 5.37. The molecule has 0 aliphatic carbocycles. The van der Waals surface area contributed by atoms with Crippen molar-refractivity contribution in [2.24, 2.45) is 0 Å². The molecule has 0 spiro atoms. The van der Waals surface area contributed by atoms with Gasteiger partial charge in [0.05, 0.1) is 10.7 Å². The van der Waals surface area contributed by atoms with Gasteiger partial charge in [0.2, 0.25) is 5.88 Å². The molecule has 4 rings (SSSR count). The Morgan fingerprint density at radius 2 is 1.80 bits per heavy atom. The molecular weight excluding hydrogens is 400 g/mol. The number of urea groups is 1. The molecule has 2 N–H and O–H groups in total. The molecule has 0 saturated carbocycles. The summed E-state index contributed by atoms with van der Waals surface area (Å²) in [5.74, 6) is 1.59. The lowest BCUT2D eigenvalue weighted by atomic mass is 10.2. The molecule has 0 fully saturated rings. The molecule has 0 radical (unpaired) electrons. The largest absolute Gasteiger partial charge is 0.438 e. The van der Waals surface area contributed by atoms with Crippen molar-refractivity contribution in [1.29, 1.82) is 0 Å². The van der Waals surface area contributed by atoms with Gasteiger partial charge < -0.3 is 10.1 Å². The maximum Gasteiger partial charge on any atom is 0.324 e. The highest BCUT2D eigenvalue weighted by Crippen LogP contribution is 2.23. The van der Waals surface area contributed by atoms with Crippen LogP contribution >= 0.6 is 11.3 Å². The van der Waals surface area contributed by atoms with E-state index in [0.29, 0.717) is 23.1 Å². The van der Waals surface area contributed by atoms with Crippen LogP contribution in [0.5, 0.6) is 11.6 Å².